The minimum absolute atomic E-state index is 0.0256. The Bertz CT molecular complexity index is 786. The number of halogens is 3. The summed E-state index contributed by atoms with van der Waals surface area (Å²) in [7, 11) is 0. The highest BCUT2D eigenvalue weighted by Gasteiger charge is 2.33. The van der Waals surface area contributed by atoms with Gasteiger partial charge >= 0.3 is 6.18 Å². The molecule has 1 aliphatic heterocycles. The standard InChI is InChI=1S/C18H19F3N4O/c1-13-4-2-3-5-14(13)10-17(26)25-8-6-24(7-9-25)16-11-15(18(19,20)21)22-12-23-16/h2-5,11-12H,6-10H2,1H3. The molecule has 26 heavy (non-hydrogen) atoms. The van der Waals surface area contributed by atoms with Crippen molar-refractivity contribution in [2.45, 2.75) is 19.5 Å². The number of hydrogen-bond acceptors (Lipinski definition) is 4. The number of carbonyl (C=O) groups is 1. The van der Waals surface area contributed by atoms with E-state index in [0.717, 1.165) is 23.5 Å². The van der Waals surface area contributed by atoms with Crippen molar-refractivity contribution in [1.82, 2.24) is 14.9 Å². The Hall–Kier alpha value is -2.64. The van der Waals surface area contributed by atoms with Gasteiger partial charge in [-0.05, 0) is 18.1 Å². The number of nitrogens with zero attached hydrogens (tertiary/aromatic N) is 4. The Labute approximate surface area is 149 Å². The van der Waals surface area contributed by atoms with Crippen LogP contribution in [0.5, 0.6) is 0 Å². The molecule has 0 unspecified atom stereocenters. The van der Waals surface area contributed by atoms with E-state index in [1.165, 1.54) is 0 Å². The number of carbonyl (C=O) groups excluding carboxylic acids is 1. The zero-order valence-electron chi connectivity index (χ0n) is 14.3. The molecule has 3 rings (SSSR count). The lowest BCUT2D eigenvalue weighted by molar-refractivity contribution is -0.141. The summed E-state index contributed by atoms with van der Waals surface area (Å²) < 4.78 is 38.3. The van der Waals surface area contributed by atoms with Crippen LogP contribution < -0.4 is 4.90 Å². The largest absolute Gasteiger partial charge is 0.433 e. The molecule has 1 saturated heterocycles. The topological polar surface area (TPSA) is 49.3 Å². The zero-order chi connectivity index (χ0) is 18.7. The highest BCUT2D eigenvalue weighted by Crippen LogP contribution is 2.29. The number of piperazine rings is 1. The maximum atomic E-state index is 12.8. The summed E-state index contributed by atoms with van der Waals surface area (Å²) in [5.74, 6) is 0.260. The third kappa shape index (κ3) is 4.12. The molecule has 2 heterocycles. The molecule has 1 aromatic carbocycles. The fourth-order valence-corrected chi connectivity index (χ4v) is 2.94. The molecule has 8 heteroatoms. The molecule has 0 saturated carbocycles. The quantitative estimate of drug-likeness (QED) is 0.840. The van der Waals surface area contributed by atoms with Crippen LogP contribution >= 0.6 is 0 Å². The molecule has 1 amide bonds. The summed E-state index contributed by atoms with van der Waals surface area (Å²) in [5.41, 5.74) is 1.10. The fourth-order valence-electron chi connectivity index (χ4n) is 2.94. The van der Waals surface area contributed by atoms with E-state index >= 15 is 0 Å². The first-order chi connectivity index (χ1) is 12.3. The van der Waals surface area contributed by atoms with E-state index in [4.69, 9.17) is 0 Å². The average molecular weight is 364 g/mol. The Balaban J connectivity index is 1.61. The molecule has 5 nitrogen and oxygen atoms in total. The van der Waals surface area contributed by atoms with Gasteiger partial charge in [0.2, 0.25) is 5.91 Å². The molecule has 0 aliphatic carbocycles. The second-order valence-electron chi connectivity index (χ2n) is 6.23. The number of hydrogen-bond donors (Lipinski definition) is 0. The smallest absolute Gasteiger partial charge is 0.353 e. The Morgan fingerprint density at radius 1 is 1.12 bits per heavy atom. The molecule has 0 atom stereocenters. The lowest BCUT2D eigenvalue weighted by Gasteiger charge is -2.35. The van der Waals surface area contributed by atoms with Crippen molar-refractivity contribution in [2.24, 2.45) is 0 Å². The average Bonchev–Trinajstić information content (AvgIpc) is 2.63. The van der Waals surface area contributed by atoms with Gasteiger partial charge in [-0.25, -0.2) is 9.97 Å². The molecule has 0 radical (unpaired) electrons. The number of anilines is 1. The van der Waals surface area contributed by atoms with Crippen LogP contribution in [0.3, 0.4) is 0 Å². The van der Waals surface area contributed by atoms with Gasteiger partial charge in [-0.2, -0.15) is 13.2 Å². The summed E-state index contributed by atoms with van der Waals surface area (Å²) >= 11 is 0. The molecule has 0 N–H and O–H groups in total. The normalized spacial score (nSPS) is 15.2. The van der Waals surface area contributed by atoms with Crippen LogP contribution in [0.2, 0.25) is 0 Å². The fraction of sp³-hybridized carbons (Fsp3) is 0.389. The highest BCUT2D eigenvalue weighted by atomic mass is 19.4. The van der Waals surface area contributed by atoms with Gasteiger partial charge in [0.25, 0.3) is 0 Å². The predicted molar refractivity (Wildman–Crippen MR) is 90.7 cm³/mol. The van der Waals surface area contributed by atoms with Crippen LogP contribution in [0.15, 0.2) is 36.7 Å². The molecule has 1 aliphatic rings. The summed E-state index contributed by atoms with van der Waals surface area (Å²) in [6, 6.07) is 8.68. The number of aryl methyl sites for hydroxylation is 1. The lowest BCUT2D eigenvalue weighted by atomic mass is 10.1. The highest BCUT2D eigenvalue weighted by molar-refractivity contribution is 5.79. The van der Waals surface area contributed by atoms with E-state index in [2.05, 4.69) is 9.97 Å². The maximum Gasteiger partial charge on any atom is 0.433 e. The molecule has 0 bridgehead atoms. The molecule has 0 spiro atoms. The van der Waals surface area contributed by atoms with Crippen molar-refractivity contribution >= 4 is 11.7 Å². The van der Waals surface area contributed by atoms with E-state index in [1.807, 2.05) is 31.2 Å². The SMILES string of the molecule is Cc1ccccc1CC(=O)N1CCN(c2cc(C(F)(F)F)ncn2)CC1. The van der Waals surface area contributed by atoms with Crippen LogP contribution in [0.25, 0.3) is 0 Å². The van der Waals surface area contributed by atoms with Crippen molar-refractivity contribution < 1.29 is 18.0 Å². The van der Waals surface area contributed by atoms with Gasteiger partial charge in [-0.15, -0.1) is 0 Å². The van der Waals surface area contributed by atoms with Crippen molar-refractivity contribution in [2.75, 3.05) is 31.1 Å². The molecular formula is C18H19F3N4O. The van der Waals surface area contributed by atoms with Crippen LogP contribution in [0.4, 0.5) is 19.0 Å². The minimum Gasteiger partial charge on any atom is -0.353 e. The Morgan fingerprint density at radius 2 is 1.81 bits per heavy atom. The van der Waals surface area contributed by atoms with Crippen LogP contribution in [0.1, 0.15) is 16.8 Å². The van der Waals surface area contributed by atoms with E-state index in [1.54, 1.807) is 9.80 Å². The molecular weight excluding hydrogens is 345 g/mol. The van der Waals surface area contributed by atoms with Gasteiger partial charge in [-0.1, -0.05) is 24.3 Å². The van der Waals surface area contributed by atoms with Gasteiger partial charge in [0.1, 0.15) is 17.8 Å². The van der Waals surface area contributed by atoms with Gasteiger partial charge in [0.15, 0.2) is 0 Å². The van der Waals surface area contributed by atoms with Gasteiger partial charge < -0.3 is 9.80 Å². The number of amides is 1. The molecule has 1 fully saturated rings. The third-order valence-corrected chi connectivity index (χ3v) is 4.50. The van der Waals surface area contributed by atoms with Gasteiger partial charge in [-0.3, -0.25) is 4.79 Å². The van der Waals surface area contributed by atoms with E-state index < -0.39 is 11.9 Å². The van der Waals surface area contributed by atoms with Crippen molar-refractivity contribution in [3.05, 3.63) is 53.5 Å². The van der Waals surface area contributed by atoms with Gasteiger partial charge in [0, 0.05) is 32.2 Å². The molecule has 1 aromatic heterocycles. The van der Waals surface area contributed by atoms with E-state index in [-0.39, 0.29) is 11.7 Å². The summed E-state index contributed by atoms with van der Waals surface area (Å²) in [6.07, 6.45) is -3.24. The molecule has 2 aromatic rings. The van der Waals surface area contributed by atoms with Crippen LogP contribution in [-0.4, -0.2) is 47.0 Å². The summed E-state index contributed by atoms with van der Waals surface area (Å²) in [6.45, 7) is 3.75. The van der Waals surface area contributed by atoms with Gasteiger partial charge in [0.05, 0.1) is 6.42 Å². The van der Waals surface area contributed by atoms with E-state index in [9.17, 15) is 18.0 Å². The van der Waals surface area contributed by atoms with Crippen LogP contribution in [-0.2, 0) is 17.4 Å². The Kier molecular flexibility index (Phi) is 5.11. The monoisotopic (exact) mass is 364 g/mol. The first-order valence-electron chi connectivity index (χ1n) is 8.31. The van der Waals surface area contributed by atoms with E-state index in [0.29, 0.717) is 32.6 Å². The second-order valence-corrected chi connectivity index (χ2v) is 6.23. The summed E-state index contributed by atoms with van der Waals surface area (Å²) in [5, 5.41) is 0. The predicted octanol–water partition coefficient (Wildman–Crippen LogP) is 2.70. The lowest BCUT2D eigenvalue weighted by Crippen LogP contribution is -2.49. The number of alkyl halides is 3. The number of benzene rings is 1. The maximum absolute atomic E-state index is 12.8. The summed E-state index contributed by atoms with van der Waals surface area (Å²) in [4.78, 5) is 23.2. The van der Waals surface area contributed by atoms with Crippen molar-refractivity contribution in [3.8, 4) is 0 Å². The second kappa shape index (κ2) is 7.31. The number of aromatic nitrogens is 2. The Morgan fingerprint density at radius 3 is 2.46 bits per heavy atom. The first-order valence-corrected chi connectivity index (χ1v) is 8.31. The van der Waals surface area contributed by atoms with Crippen molar-refractivity contribution in [1.29, 1.82) is 0 Å². The van der Waals surface area contributed by atoms with Crippen LogP contribution in [0, 0.1) is 6.92 Å². The zero-order valence-corrected chi connectivity index (χ0v) is 14.3. The number of rotatable bonds is 3. The third-order valence-electron chi connectivity index (χ3n) is 4.50. The van der Waals surface area contributed by atoms with Crippen molar-refractivity contribution in [3.63, 3.8) is 0 Å². The molecule has 138 valence electrons. The minimum atomic E-state index is -4.50. The first kappa shape index (κ1) is 18.2.